The number of thioether (sulfide) groups is 1. The topological polar surface area (TPSA) is 35.5 Å². The first-order valence-corrected chi connectivity index (χ1v) is 5.81. The van der Waals surface area contributed by atoms with E-state index in [4.69, 9.17) is 9.47 Å². The minimum atomic E-state index is -0.383. The quantitative estimate of drug-likeness (QED) is 0.330. The Labute approximate surface area is 99.4 Å². The molecule has 0 unspecified atom stereocenters. The molecule has 1 rings (SSSR count). The fraction of sp³-hybridized carbons (Fsp3) is 0.250. The van der Waals surface area contributed by atoms with Crippen LogP contribution in [0.25, 0.3) is 0 Å². The number of ether oxygens (including phenoxy) is 2. The van der Waals surface area contributed by atoms with E-state index in [-0.39, 0.29) is 5.97 Å². The molecule has 0 amide bonds. The van der Waals surface area contributed by atoms with Gasteiger partial charge in [-0.15, -0.1) is 11.8 Å². The van der Waals surface area contributed by atoms with E-state index >= 15 is 0 Å². The molecule has 0 spiro atoms. The van der Waals surface area contributed by atoms with E-state index in [1.54, 1.807) is 18.9 Å². The van der Waals surface area contributed by atoms with Crippen molar-refractivity contribution in [3.8, 4) is 5.75 Å². The van der Waals surface area contributed by atoms with Crippen molar-refractivity contribution in [2.45, 2.75) is 4.90 Å². The Bertz CT molecular complexity index is 363. The molecule has 0 saturated carbocycles. The molecule has 16 heavy (non-hydrogen) atoms. The molecular weight excluding hydrogens is 224 g/mol. The van der Waals surface area contributed by atoms with Gasteiger partial charge in [-0.3, -0.25) is 0 Å². The van der Waals surface area contributed by atoms with Gasteiger partial charge in [0.2, 0.25) is 0 Å². The summed E-state index contributed by atoms with van der Waals surface area (Å²) in [7, 11) is 1.63. The average Bonchev–Trinajstić information content (AvgIpc) is 2.34. The first-order valence-electron chi connectivity index (χ1n) is 4.82. The van der Waals surface area contributed by atoms with E-state index in [9.17, 15) is 4.79 Å². The van der Waals surface area contributed by atoms with Crippen molar-refractivity contribution in [3.05, 3.63) is 36.9 Å². The number of rotatable bonds is 6. The minimum absolute atomic E-state index is 0.382. The second kappa shape index (κ2) is 6.95. The highest BCUT2D eigenvalue weighted by Gasteiger charge is 1.98. The molecule has 0 N–H and O–H groups in total. The zero-order valence-corrected chi connectivity index (χ0v) is 9.96. The highest BCUT2D eigenvalue weighted by atomic mass is 32.2. The Kier molecular flexibility index (Phi) is 5.50. The van der Waals surface area contributed by atoms with Crippen molar-refractivity contribution in [3.63, 3.8) is 0 Å². The standard InChI is InChI=1S/C12H14O3S/c1-3-12(13)15-7-8-16-11-6-4-5-10(9-11)14-2/h3-6,9H,1,7-8H2,2H3. The molecule has 86 valence electrons. The van der Waals surface area contributed by atoms with Gasteiger partial charge in [-0.1, -0.05) is 12.6 Å². The number of carbonyl (C=O) groups excluding carboxylic acids is 1. The first kappa shape index (κ1) is 12.6. The van der Waals surface area contributed by atoms with Crippen LogP contribution in [-0.4, -0.2) is 25.4 Å². The van der Waals surface area contributed by atoms with E-state index < -0.39 is 0 Å². The summed E-state index contributed by atoms with van der Waals surface area (Å²) in [6.45, 7) is 3.70. The lowest BCUT2D eigenvalue weighted by molar-refractivity contribution is -0.137. The van der Waals surface area contributed by atoms with Crippen molar-refractivity contribution in [1.29, 1.82) is 0 Å². The van der Waals surface area contributed by atoms with E-state index in [1.165, 1.54) is 0 Å². The number of benzene rings is 1. The molecule has 3 nitrogen and oxygen atoms in total. The second-order valence-electron chi connectivity index (χ2n) is 2.90. The number of hydrogen-bond donors (Lipinski definition) is 0. The van der Waals surface area contributed by atoms with Crippen LogP contribution in [0.4, 0.5) is 0 Å². The number of esters is 1. The van der Waals surface area contributed by atoms with Gasteiger partial charge in [-0.05, 0) is 18.2 Å². The molecule has 1 aromatic rings. The number of carbonyl (C=O) groups is 1. The van der Waals surface area contributed by atoms with Crippen LogP contribution in [0.2, 0.25) is 0 Å². The summed E-state index contributed by atoms with van der Waals surface area (Å²) < 4.78 is 9.97. The van der Waals surface area contributed by atoms with Gasteiger partial charge in [0.1, 0.15) is 12.4 Å². The predicted octanol–water partition coefficient (Wildman–Crippen LogP) is 2.52. The normalized spacial score (nSPS) is 9.56. The fourth-order valence-electron chi connectivity index (χ4n) is 1.05. The lowest BCUT2D eigenvalue weighted by Gasteiger charge is -2.04. The van der Waals surface area contributed by atoms with Gasteiger partial charge >= 0.3 is 5.97 Å². The maximum atomic E-state index is 10.8. The Morgan fingerprint density at radius 1 is 1.56 bits per heavy atom. The largest absolute Gasteiger partial charge is 0.497 e. The second-order valence-corrected chi connectivity index (χ2v) is 4.07. The molecular formula is C12H14O3S. The first-order chi connectivity index (χ1) is 7.76. The van der Waals surface area contributed by atoms with Crippen LogP contribution in [0.5, 0.6) is 5.75 Å². The molecule has 0 aliphatic rings. The van der Waals surface area contributed by atoms with Crippen LogP contribution in [0, 0.1) is 0 Å². The van der Waals surface area contributed by atoms with Gasteiger partial charge in [0.25, 0.3) is 0 Å². The van der Waals surface area contributed by atoms with Crippen molar-refractivity contribution >= 4 is 17.7 Å². The number of methoxy groups -OCH3 is 1. The summed E-state index contributed by atoms with van der Waals surface area (Å²) in [6.07, 6.45) is 1.16. The van der Waals surface area contributed by atoms with Crippen LogP contribution in [0.1, 0.15) is 0 Å². The zero-order valence-electron chi connectivity index (χ0n) is 9.14. The monoisotopic (exact) mass is 238 g/mol. The zero-order chi connectivity index (χ0) is 11.8. The summed E-state index contributed by atoms with van der Waals surface area (Å²) in [5.41, 5.74) is 0. The Hall–Kier alpha value is -1.42. The average molecular weight is 238 g/mol. The molecule has 0 heterocycles. The summed E-state index contributed by atoms with van der Waals surface area (Å²) >= 11 is 1.61. The van der Waals surface area contributed by atoms with Gasteiger partial charge in [0.15, 0.2) is 0 Å². The third kappa shape index (κ3) is 4.40. The lowest BCUT2D eigenvalue weighted by atomic mass is 10.3. The SMILES string of the molecule is C=CC(=O)OCCSc1cccc(OC)c1. The predicted molar refractivity (Wildman–Crippen MR) is 64.9 cm³/mol. The highest BCUT2D eigenvalue weighted by molar-refractivity contribution is 7.99. The van der Waals surface area contributed by atoms with Crippen LogP contribution >= 0.6 is 11.8 Å². The van der Waals surface area contributed by atoms with Crippen LogP contribution in [0.3, 0.4) is 0 Å². The van der Waals surface area contributed by atoms with E-state index in [2.05, 4.69) is 6.58 Å². The summed E-state index contributed by atoms with van der Waals surface area (Å²) in [5, 5.41) is 0. The molecule has 0 saturated heterocycles. The van der Waals surface area contributed by atoms with Gasteiger partial charge in [0.05, 0.1) is 7.11 Å². The third-order valence-corrected chi connectivity index (χ3v) is 2.76. The summed E-state index contributed by atoms with van der Waals surface area (Å²) in [4.78, 5) is 11.8. The van der Waals surface area contributed by atoms with Gasteiger partial charge in [-0.25, -0.2) is 4.79 Å². The van der Waals surface area contributed by atoms with Crippen molar-refractivity contribution in [2.24, 2.45) is 0 Å². The Morgan fingerprint density at radius 3 is 3.06 bits per heavy atom. The van der Waals surface area contributed by atoms with Crippen molar-refractivity contribution in [1.82, 2.24) is 0 Å². The van der Waals surface area contributed by atoms with Crippen LogP contribution in [0.15, 0.2) is 41.8 Å². The lowest BCUT2D eigenvalue weighted by Crippen LogP contribution is -2.03. The Balaban J connectivity index is 2.31. The maximum absolute atomic E-state index is 10.8. The van der Waals surface area contributed by atoms with Crippen LogP contribution < -0.4 is 4.74 Å². The molecule has 0 bridgehead atoms. The highest BCUT2D eigenvalue weighted by Crippen LogP contribution is 2.22. The van der Waals surface area contributed by atoms with Crippen molar-refractivity contribution < 1.29 is 14.3 Å². The molecule has 0 aliphatic heterocycles. The smallest absolute Gasteiger partial charge is 0.330 e. The molecule has 0 aliphatic carbocycles. The minimum Gasteiger partial charge on any atom is -0.497 e. The Morgan fingerprint density at radius 2 is 2.38 bits per heavy atom. The molecule has 0 fully saturated rings. The van der Waals surface area contributed by atoms with Crippen LogP contribution in [-0.2, 0) is 9.53 Å². The molecule has 1 aromatic carbocycles. The van der Waals surface area contributed by atoms with Gasteiger partial charge in [0, 0.05) is 16.7 Å². The van der Waals surface area contributed by atoms with E-state index in [0.29, 0.717) is 12.4 Å². The van der Waals surface area contributed by atoms with E-state index in [1.807, 2.05) is 24.3 Å². The van der Waals surface area contributed by atoms with Crippen molar-refractivity contribution in [2.75, 3.05) is 19.5 Å². The van der Waals surface area contributed by atoms with Gasteiger partial charge < -0.3 is 9.47 Å². The molecule has 4 heteroatoms. The molecule has 0 radical (unpaired) electrons. The fourth-order valence-corrected chi connectivity index (χ4v) is 1.83. The maximum Gasteiger partial charge on any atom is 0.330 e. The van der Waals surface area contributed by atoms with Gasteiger partial charge in [-0.2, -0.15) is 0 Å². The third-order valence-electron chi connectivity index (χ3n) is 1.80. The van der Waals surface area contributed by atoms with E-state index in [0.717, 1.165) is 16.7 Å². The molecule has 0 atom stereocenters. The summed E-state index contributed by atoms with van der Waals surface area (Å²) in [6, 6.07) is 7.75. The summed E-state index contributed by atoms with van der Waals surface area (Å²) in [5.74, 6) is 1.16. The molecule has 0 aromatic heterocycles. The number of hydrogen-bond acceptors (Lipinski definition) is 4.